The zero-order chi connectivity index (χ0) is 8.67. The summed E-state index contributed by atoms with van der Waals surface area (Å²) in [5.41, 5.74) is 2.96. The third-order valence-corrected chi connectivity index (χ3v) is 2.74. The highest BCUT2D eigenvalue weighted by atomic mass is 15.0. The first-order valence-corrected chi connectivity index (χ1v) is 4.59. The van der Waals surface area contributed by atoms with Gasteiger partial charge in [0, 0.05) is 5.92 Å². The van der Waals surface area contributed by atoms with Gasteiger partial charge in [-0.3, -0.25) is 0 Å². The van der Waals surface area contributed by atoms with Gasteiger partial charge < -0.3 is 4.98 Å². The van der Waals surface area contributed by atoms with Crippen LogP contribution in [0.4, 0.5) is 0 Å². The van der Waals surface area contributed by atoms with Crippen LogP contribution < -0.4 is 0 Å². The largest absolute Gasteiger partial charge is 0.342 e. The number of nitrogens with zero attached hydrogens (tertiary/aromatic N) is 3. The smallest absolute Gasteiger partial charge is 0.180 e. The third kappa shape index (κ3) is 0.946. The Kier molecular flexibility index (Phi) is 1.36. The molecule has 2 aromatic heterocycles. The molecular weight excluding hydrogens is 164 g/mol. The molecular formula is C9H10N4. The van der Waals surface area contributed by atoms with Crippen LogP contribution in [0.15, 0.2) is 12.7 Å². The molecule has 0 amide bonds. The van der Waals surface area contributed by atoms with Gasteiger partial charge in [-0.1, -0.05) is 6.42 Å². The molecule has 0 atom stereocenters. The Balaban J connectivity index is 2.20. The molecule has 1 N–H and O–H groups in total. The fourth-order valence-corrected chi connectivity index (χ4v) is 1.77. The van der Waals surface area contributed by atoms with Crippen LogP contribution in [-0.2, 0) is 0 Å². The fourth-order valence-electron chi connectivity index (χ4n) is 1.77. The molecule has 66 valence electrons. The minimum Gasteiger partial charge on any atom is -0.342 e. The topological polar surface area (TPSA) is 54.5 Å². The SMILES string of the molecule is c1nc(C2CCC2)c2[nH]cnc2n1. The van der Waals surface area contributed by atoms with Gasteiger partial charge >= 0.3 is 0 Å². The van der Waals surface area contributed by atoms with E-state index in [-0.39, 0.29) is 0 Å². The predicted molar refractivity (Wildman–Crippen MR) is 48.3 cm³/mol. The Morgan fingerprint density at radius 1 is 1.23 bits per heavy atom. The summed E-state index contributed by atoms with van der Waals surface area (Å²) in [7, 11) is 0. The second-order valence-electron chi connectivity index (χ2n) is 3.49. The molecule has 4 heteroatoms. The highest BCUT2D eigenvalue weighted by Gasteiger charge is 2.23. The van der Waals surface area contributed by atoms with Gasteiger partial charge in [0.15, 0.2) is 5.65 Å². The van der Waals surface area contributed by atoms with Crippen molar-refractivity contribution in [2.75, 3.05) is 0 Å². The Bertz CT molecular complexity index is 430. The van der Waals surface area contributed by atoms with E-state index in [9.17, 15) is 0 Å². The lowest BCUT2D eigenvalue weighted by atomic mass is 9.82. The van der Waals surface area contributed by atoms with E-state index >= 15 is 0 Å². The van der Waals surface area contributed by atoms with Gasteiger partial charge in [-0.15, -0.1) is 0 Å². The highest BCUT2D eigenvalue weighted by molar-refractivity contribution is 5.72. The lowest BCUT2D eigenvalue weighted by molar-refractivity contribution is 0.413. The Morgan fingerprint density at radius 3 is 2.92 bits per heavy atom. The van der Waals surface area contributed by atoms with E-state index < -0.39 is 0 Å². The number of imidazole rings is 1. The second kappa shape index (κ2) is 2.52. The molecule has 2 heterocycles. The molecule has 0 radical (unpaired) electrons. The van der Waals surface area contributed by atoms with E-state index in [1.165, 1.54) is 19.3 Å². The molecule has 0 aromatic carbocycles. The molecule has 2 aromatic rings. The maximum atomic E-state index is 4.32. The monoisotopic (exact) mass is 174 g/mol. The average Bonchev–Trinajstić information content (AvgIpc) is 2.49. The minimum absolute atomic E-state index is 0.631. The van der Waals surface area contributed by atoms with Crippen molar-refractivity contribution in [2.24, 2.45) is 0 Å². The summed E-state index contributed by atoms with van der Waals surface area (Å²) in [5.74, 6) is 0.631. The van der Waals surface area contributed by atoms with Gasteiger partial charge in [0.1, 0.15) is 11.8 Å². The lowest BCUT2D eigenvalue weighted by Gasteiger charge is -2.24. The van der Waals surface area contributed by atoms with E-state index in [0.717, 1.165) is 16.9 Å². The van der Waals surface area contributed by atoms with Gasteiger partial charge in [-0.25, -0.2) is 15.0 Å². The van der Waals surface area contributed by atoms with Crippen molar-refractivity contribution in [3.05, 3.63) is 18.3 Å². The van der Waals surface area contributed by atoms with E-state index in [0.29, 0.717) is 5.92 Å². The first-order valence-electron chi connectivity index (χ1n) is 4.59. The van der Waals surface area contributed by atoms with Crippen LogP contribution in [0.3, 0.4) is 0 Å². The number of hydrogen-bond acceptors (Lipinski definition) is 3. The first-order chi connectivity index (χ1) is 6.45. The number of aromatic nitrogens is 4. The Hall–Kier alpha value is -1.45. The summed E-state index contributed by atoms with van der Waals surface area (Å²) in [6, 6.07) is 0. The van der Waals surface area contributed by atoms with Crippen LogP contribution in [0.2, 0.25) is 0 Å². The molecule has 0 spiro atoms. The second-order valence-corrected chi connectivity index (χ2v) is 3.49. The zero-order valence-corrected chi connectivity index (χ0v) is 7.20. The van der Waals surface area contributed by atoms with Crippen LogP contribution in [0.25, 0.3) is 11.2 Å². The van der Waals surface area contributed by atoms with E-state index in [2.05, 4.69) is 19.9 Å². The molecule has 13 heavy (non-hydrogen) atoms. The lowest BCUT2D eigenvalue weighted by Crippen LogP contribution is -2.11. The molecule has 0 bridgehead atoms. The van der Waals surface area contributed by atoms with Gasteiger partial charge in [-0.2, -0.15) is 0 Å². The van der Waals surface area contributed by atoms with Gasteiger partial charge in [0.2, 0.25) is 0 Å². The number of H-pyrrole nitrogens is 1. The number of aromatic amines is 1. The van der Waals surface area contributed by atoms with Gasteiger partial charge in [0.05, 0.1) is 12.0 Å². The van der Waals surface area contributed by atoms with E-state index in [1.54, 1.807) is 12.7 Å². The third-order valence-electron chi connectivity index (χ3n) is 2.74. The van der Waals surface area contributed by atoms with Crippen LogP contribution >= 0.6 is 0 Å². The summed E-state index contributed by atoms with van der Waals surface area (Å²) in [6.07, 6.45) is 7.12. The zero-order valence-electron chi connectivity index (χ0n) is 7.20. The Morgan fingerprint density at radius 2 is 2.15 bits per heavy atom. The highest BCUT2D eigenvalue weighted by Crippen LogP contribution is 2.36. The Labute approximate surface area is 75.4 Å². The molecule has 3 rings (SSSR count). The standard InChI is InChI=1S/C9H10N4/c1-2-6(3-1)7-8-9(12-4-10-7)13-5-11-8/h4-6H,1-3H2,(H,10,11,12,13). The summed E-state index contributed by atoms with van der Waals surface area (Å²) < 4.78 is 0. The number of rotatable bonds is 1. The molecule has 1 aliphatic rings. The average molecular weight is 174 g/mol. The van der Waals surface area contributed by atoms with Crippen molar-refractivity contribution in [3.8, 4) is 0 Å². The van der Waals surface area contributed by atoms with Crippen LogP contribution in [0, 0.1) is 0 Å². The maximum Gasteiger partial charge on any atom is 0.180 e. The van der Waals surface area contributed by atoms with Crippen molar-refractivity contribution < 1.29 is 0 Å². The minimum atomic E-state index is 0.631. The van der Waals surface area contributed by atoms with Crippen LogP contribution in [-0.4, -0.2) is 19.9 Å². The van der Waals surface area contributed by atoms with Crippen molar-refractivity contribution >= 4 is 11.2 Å². The van der Waals surface area contributed by atoms with Crippen molar-refractivity contribution in [3.63, 3.8) is 0 Å². The number of fused-ring (bicyclic) bond motifs is 1. The van der Waals surface area contributed by atoms with Crippen LogP contribution in [0.5, 0.6) is 0 Å². The summed E-state index contributed by atoms with van der Waals surface area (Å²) in [6.45, 7) is 0. The van der Waals surface area contributed by atoms with E-state index in [1.807, 2.05) is 0 Å². The molecule has 0 unspecified atom stereocenters. The van der Waals surface area contributed by atoms with Crippen molar-refractivity contribution in [1.82, 2.24) is 19.9 Å². The summed E-state index contributed by atoms with van der Waals surface area (Å²) >= 11 is 0. The molecule has 0 aliphatic heterocycles. The van der Waals surface area contributed by atoms with Crippen molar-refractivity contribution in [1.29, 1.82) is 0 Å². The van der Waals surface area contributed by atoms with Gasteiger partial charge in [0.25, 0.3) is 0 Å². The predicted octanol–water partition coefficient (Wildman–Crippen LogP) is 1.62. The molecule has 1 saturated carbocycles. The normalized spacial score (nSPS) is 17.5. The van der Waals surface area contributed by atoms with Crippen LogP contribution in [0.1, 0.15) is 30.9 Å². The van der Waals surface area contributed by atoms with Gasteiger partial charge in [-0.05, 0) is 12.8 Å². The van der Waals surface area contributed by atoms with Crippen molar-refractivity contribution in [2.45, 2.75) is 25.2 Å². The maximum absolute atomic E-state index is 4.32. The summed E-state index contributed by atoms with van der Waals surface area (Å²) in [4.78, 5) is 15.6. The molecule has 1 fully saturated rings. The van der Waals surface area contributed by atoms with E-state index in [4.69, 9.17) is 0 Å². The molecule has 4 nitrogen and oxygen atoms in total. The first kappa shape index (κ1) is 7.00. The molecule has 0 saturated heterocycles. The number of hydrogen-bond donors (Lipinski definition) is 1. The fraction of sp³-hybridized carbons (Fsp3) is 0.444. The quantitative estimate of drug-likeness (QED) is 0.714. The number of nitrogens with one attached hydrogen (secondary N) is 1. The summed E-state index contributed by atoms with van der Waals surface area (Å²) in [5, 5.41) is 0. The molecule has 1 aliphatic carbocycles.